The highest BCUT2D eigenvalue weighted by Crippen LogP contribution is 2.19. The Labute approximate surface area is 145 Å². The molecule has 2 aromatic rings. The van der Waals surface area contributed by atoms with E-state index in [0.29, 0.717) is 6.42 Å². The molecule has 0 saturated heterocycles. The molecule has 3 nitrogen and oxygen atoms in total. The second-order valence-electron chi connectivity index (χ2n) is 6.21. The smallest absolute Gasteiger partial charge is 0.261 e. The number of ether oxygens (including phenoxy) is 1. The van der Waals surface area contributed by atoms with Gasteiger partial charge in [0.25, 0.3) is 5.91 Å². The molecule has 3 heteroatoms. The highest BCUT2D eigenvalue weighted by Gasteiger charge is 2.20. The Morgan fingerprint density at radius 2 is 1.75 bits per heavy atom. The lowest BCUT2D eigenvalue weighted by molar-refractivity contribution is -0.128. The van der Waals surface area contributed by atoms with Crippen LogP contribution in [0.3, 0.4) is 0 Å². The second kappa shape index (κ2) is 9.11. The molecule has 0 saturated carbocycles. The lowest BCUT2D eigenvalue weighted by Crippen LogP contribution is -2.42. The number of para-hydroxylation sites is 1. The lowest BCUT2D eigenvalue weighted by atomic mass is 10.1. The van der Waals surface area contributed by atoms with Gasteiger partial charge in [-0.15, -0.1) is 0 Å². The summed E-state index contributed by atoms with van der Waals surface area (Å²) in [5.41, 5.74) is 2.34. The zero-order chi connectivity index (χ0) is 17.4. The van der Waals surface area contributed by atoms with Crippen LogP contribution in [0.5, 0.6) is 5.75 Å². The summed E-state index contributed by atoms with van der Waals surface area (Å²) in [6.45, 7) is 6.00. The average molecular weight is 325 g/mol. The molecule has 2 rings (SSSR count). The Morgan fingerprint density at radius 1 is 1.08 bits per heavy atom. The monoisotopic (exact) mass is 325 g/mol. The first kappa shape index (κ1) is 18.1. The topological polar surface area (TPSA) is 38.3 Å². The van der Waals surface area contributed by atoms with Crippen molar-refractivity contribution >= 4 is 5.91 Å². The summed E-state index contributed by atoms with van der Waals surface area (Å²) in [6.07, 6.45) is 2.06. The fourth-order valence-corrected chi connectivity index (χ4v) is 2.60. The van der Waals surface area contributed by atoms with Crippen molar-refractivity contribution in [3.8, 4) is 5.75 Å². The van der Waals surface area contributed by atoms with Crippen LogP contribution in [0.2, 0.25) is 0 Å². The molecule has 0 aliphatic rings. The van der Waals surface area contributed by atoms with Gasteiger partial charge in [0.15, 0.2) is 6.10 Å². The largest absolute Gasteiger partial charge is 0.480 e. The number of hydrogen-bond acceptors (Lipinski definition) is 2. The third-order valence-electron chi connectivity index (χ3n) is 4.12. The Morgan fingerprint density at radius 3 is 2.42 bits per heavy atom. The zero-order valence-electron chi connectivity index (χ0n) is 14.8. The minimum Gasteiger partial charge on any atom is -0.480 e. The molecule has 0 aliphatic heterocycles. The number of nitrogens with one attached hydrogen (secondary N) is 1. The molecule has 0 radical (unpaired) electrons. The fourth-order valence-electron chi connectivity index (χ4n) is 2.60. The van der Waals surface area contributed by atoms with Crippen LogP contribution in [-0.4, -0.2) is 18.1 Å². The first-order valence-electron chi connectivity index (χ1n) is 8.66. The van der Waals surface area contributed by atoms with Gasteiger partial charge in [0.05, 0.1) is 0 Å². The van der Waals surface area contributed by atoms with Gasteiger partial charge in [-0.25, -0.2) is 0 Å². The van der Waals surface area contributed by atoms with Crippen LogP contribution in [0.15, 0.2) is 54.6 Å². The first-order chi connectivity index (χ1) is 11.6. The highest BCUT2D eigenvalue weighted by molar-refractivity contribution is 5.81. The number of aryl methyl sites for hydroxylation is 2. The number of carbonyl (C=O) groups is 1. The molecule has 1 N–H and O–H groups in total. The van der Waals surface area contributed by atoms with Crippen LogP contribution in [0.25, 0.3) is 0 Å². The van der Waals surface area contributed by atoms with Gasteiger partial charge in [-0.1, -0.05) is 55.5 Å². The Hall–Kier alpha value is -2.29. The normalized spacial score (nSPS) is 13.1. The Bertz CT molecular complexity index is 639. The number of carbonyl (C=O) groups excluding carboxylic acids is 1. The minimum absolute atomic E-state index is 0.0404. The fraction of sp³-hybridized carbons (Fsp3) is 0.381. The summed E-state index contributed by atoms with van der Waals surface area (Å²) < 4.78 is 5.91. The van der Waals surface area contributed by atoms with E-state index in [0.717, 1.165) is 24.2 Å². The summed E-state index contributed by atoms with van der Waals surface area (Å²) >= 11 is 0. The number of amides is 1. The van der Waals surface area contributed by atoms with Crippen LogP contribution in [-0.2, 0) is 11.2 Å². The van der Waals surface area contributed by atoms with Crippen LogP contribution >= 0.6 is 0 Å². The zero-order valence-corrected chi connectivity index (χ0v) is 14.8. The summed E-state index contributed by atoms with van der Waals surface area (Å²) in [7, 11) is 0. The highest BCUT2D eigenvalue weighted by atomic mass is 16.5. The molecule has 2 atom stereocenters. The molecule has 0 unspecified atom stereocenters. The third kappa shape index (κ3) is 5.41. The molecule has 0 fully saturated rings. The molecule has 0 bridgehead atoms. The Kier molecular flexibility index (Phi) is 6.86. The van der Waals surface area contributed by atoms with Gasteiger partial charge < -0.3 is 10.1 Å². The molecule has 128 valence electrons. The summed E-state index contributed by atoms with van der Waals surface area (Å²) in [5.74, 6) is 0.734. The van der Waals surface area contributed by atoms with Crippen molar-refractivity contribution in [3.05, 3.63) is 65.7 Å². The summed E-state index contributed by atoms with van der Waals surface area (Å²) in [6, 6.07) is 18.2. The molecular formula is C21H27NO2. The van der Waals surface area contributed by atoms with Gasteiger partial charge in [-0.2, -0.15) is 0 Å². The predicted molar refractivity (Wildman–Crippen MR) is 98.3 cm³/mol. The van der Waals surface area contributed by atoms with Crippen molar-refractivity contribution in [1.29, 1.82) is 0 Å². The van der Waals surface area contributed by atoms with E-state index in [2.05, 4.69) is 17.4 Å². The standard InChI is InChI=1S/C21H27NO2/c1-4-19(24-20-13-9-8-10-16(20)2)21(23)22-17(3)14-15-18-11-6-5-7-12-18/h5-13,17,19H,4,14-15H2,1-3H3,(H,22,23)/t17-,19-/m0/s1. The predicted octanol–water partition coefficient (Wildman–Crippen LogP) is 4.29. The van der Waals surface area contributed by atoms with Crippen LogP contribution in [0, 0.1) is 6.92 Å². The molecule has 1 amide bonds. The van der Waals surface area contributed by atoms with E-state index in [9.17, 15) is 4.79 Å². The second-order valence-corrected chi connectivity index (χ2v) is 6.21. The maximum absolute atomic E-state index is 12.5. The van der Waals surface area contributed by atoms with E-state index in [-0.39, 0.29) is 11.9 Å². The minimum atomic E-state index is -0.453. The molecule has 2 aromatic carbocycles. The van der Waals surface area contributed by atoms with E-state index in [1.807, 2.05) is 63.2 Å². The maximum Gasteiger partial charge on any atom is 0.261 e. The number of hydrogen-bond donors (Lipinski definition) is 1. The van der Waals surface area contributed by atoms with Crippen LogP contribution in [0.4, 0.5) is 0 Å². The van der Waals surface area contributed by atoms with E-state index in [1.54, 1.807) is 0 Å². The molecule has 24 heavy (non-hydrogen) atoms. The van der Waals surface area contributed by atoms with Gasteiger partial charge in [0.1, 0.15) is 5.75 Å². The van der Waals surface area contributed by atoms with Crippen LogP contribution in [0.1, 0.15) is 37.8 Å². The van der Waals surface area contributed by atoms with Gasteiger partial charge in [0, 0.05) is 6.04 Å². The lowest BCUT2D eigenvalue weighted by Gasteiger charge is -2.21. The van der Waals surface area contributed by atoms with Gasteiger partial charge in [-0.05, 0) is 50.3 Å². The number of benzene rings is 2. The van der Waals surface area contributed by atoms with Gasteiger partial charge in [0.2, 0.25) is 0 Å². The number of rotatable bonds is 8. The van der Waals surface area contributed by atoms with Gasteiger partial charge >= 0.3 is 0 Å². The molecule has 0 heterocycles. The summed E-state index contributed by atoms with van der Waals surface area (Å²) in [4.78, 5) is 12.5. The van der Waals surface area contributed by atoms with Crippen LogP contribution < -0.4 is 10.1 Å². The van der Waals surface area contributed by atoms with E-state index < -0.39 is 6.10 Å². The van der Waals surface area contributed by atoms with E-state index >= 15 is 0 Å². The van der Waals surface area contributed by atoms with Crippen molar-refractivity contribution in [1.82, 2.24) is 5.32 Å². The van der Waals surface area contributed by atoms with E-state index in [1.165, 1.54) is 5.56 Å². The molecule has 0 aromatic heterocycles. The van der Waals surface area contributed by atoms with Crippen molar-refractivity contribution in [2.24, 2.45) is 0 Å². The molecular weight excluding hydrogens is 298 g/mol. The van der Waals surface area contributed by atoms with Crippen molar-refractivity contribution in [3.63, 3.8) is 0 Å². The van der Waals surface area contributed by atoms with E-state index in [4.69, 9.17) is 4.74 Å². The SMILES string of the molecule is CC[C@H](Oc1ccccc1C)C(=O)N[C@@H](C)CCc1ccccc1. The van der Waals surface area contributed by atoms with Crippen molar-refractivity contribution in [2.75, 3.05) is 0 Å². The first-order valence-corrected chi connectivity index (χ1v) is 8.66. The molecule has 0 spiro atoms. The van der Waals surface area contributed by atoms with Crippen molar-refractivity contribution < 1.29 is 9.53 Å². The average Bonchev–Trinajstić information content (AvgIpc) is 2.60. The van der Waals surface area contributed by atoms with Crippen molar-refractivity contribution in [2.45, 2.75) is 52.2 Å². The van der Waals surface area contributed by atoms with Gasteiger partial charge in [-0.3, -0.25) is 4.79 Å². The molecule has 0 aliphatic carbocycles. The Balaban J connectivity index is 1.85. The maximum atomic E-state index is 12.5. The summed E-state index contributed by atoms with van der Waals surface area (Å²) in [5, 5.41) is 3.08. The third-order valence-corrected chi connectivity index (χ3v) is 4.12. The quantitative estimate of drug-likeness (QED) is 0.786.